The van der Waals surface area contributed by atoms with Crippen molar-refractivity contribution in [2.75, 3.05) is 6.61 Å². The SMILES string of the molecule is Cc1cc2nc3s/c(=C\c4ccc(OCC(=O)O)cc4)c(=O)n3c2cc1C. The highest BCUT2D eigenvalue weighted by atomic mass is 32.1. The van der Waals surface area contributed by atoms with Gasteiger partial charge in [-0.1, -0.05) is 23.5 Å². The molecule has 0 aliphatic rings. The van der Waals surface area contributed by atoms with E-state index in [-0.39, 0.29) is 12.2 Å². The normalized spacial score (nSPS) is 12.1. The van der Waals surface area contributed by atoms with E-state index in [9.17, 15) is 9.59 Å². The molecule has 27 heavy (non-hydrogen) atoms. The highest BCUT2D eigenvalue weighted by Gasteiger charge is 2.12. The van der Waals surface area contributed by atoms with Gasteiger partial charge in [-0.3, -0.25) is 4.79 Å². The fraction of sp³-hybridized carbons (Fsp3) is 0.150. The Kier molecular flexibility index (Phi) is 4.16. The highest BCUT2D eigenvalue weighted by Crippen LogP contribution is 2.20. The summed E-state index contributed by atoms with van der Waals surface area (Å²) in [4.78, 5) is 28.7. The van der Waals surface area contributed by atoms with Gasteiger partial charge in [-0.05, 0) is 60.9 Å². The number of nitrogens with zero attached hydrogens (tertiary/aromatic N) is 2. The molecule has 0 bridgehead atoms. The van der Waals surface area contributed by atoms with Crippen LogP contribution in [0.5, 0.6) is 5.75 Å². The van der Waals surface area contributed by atoms with Crippen molar-refractivity contribution < 1.29 is 14.6 Å². The number of fused-ring (bicyclic) bond motifs is 3. The minimum absolute atomic E-state index is 0.0908. The standard InChI is InChI=1S/C20H16N2O4S/c1-11-7-15-16(8-12(11)2)22-19(25)17(27-20(22)21-15)9-13-3-5-14(6-4-13)26-10-18(23)24/h3-9H,10H2,1-2H3,(H,23,24)/b17-9-. The van der Waals surface area contributed by atoms with Crippen molar-refractivity contribution in [2.24, 2.45) is 0 Å². The van der Waals surface area contributed by atoms with Gasteiger partial charge in [0, 0.05) is 0 Å². The molecule has 0 aliphatic carbocycles. The first-order chi connectivity index (χ1) is 12.9. The number of aliphatic carboxylic acids is 1. The zero-order valence-electron chi connectivity index (χ0n) is 14.7. The number of thiazole rings is 1. The molecule has 4 aromatic rings. The van der Waals surface area contributed by atoms with E-state index < -0.39 is 5.97 Å². The van der Waals surface area contributed by atoms with Gasteiger partial charge in [0.05, 0.1) is 15.6 Å². The maximum Gasteiger partial charge on any atom is 0.341 e. The molecule has 0 saturated carbocycles. The molecule has 6 nitrogen and oxygen atoms in total. The Labute approximate surface area is 158 Å². The second kappa shape index (κ2) is 6.51. The van der Waals surface area contributed by atoms with E-state index in [1.807, 2.05) is 26.0 Å². The number of carbonyl (C=O) groups is 1. The molecule has 1 N–H and O–H groups in total. The van der Waals surface area contributed by atoms with Gasteiger partial charge >= 0.3 is 5.97 Å². The minimum Gasteiger partial charge on any atom is -0.482 e. The lowest BCUT2D eigenvalue weighted by Crippen LogP contribution is -2.22. The van der Waals surface area contributed by atoms with Crippen LogP contribution < -0.4 is 14.8 Å². The largest absolute Gasteiger partial charge is 0.482 e. The third-order valence-electron chi connectivity index (χ3n) is 4.39. The van der Waals surface area contributed by atoms with Crippen molar-refractivity contribution in [1.29, 1.82) is 0 Å². The molecule has 0 spiro atoms. The minimum atomic E-state index is -1.03. The Morgan fingerprint density at radius 2 is 1.93 bits per heavy atom. The Morgan fingerprint density at radius 1 is 1.22 bits per heavy atom. The predicted molar refractivity (Wildman–Crippen MR) is 105 cm³/mol. The molecule has 7 heteroatoms. The van der Waals surface area contributed by atoms with Gasteiger partial charge < -0.3 is 9.84 Å². The van der Waals surface area contributed by atoms with Crippen molar-refractivity contribution in [2.45, 2.75) is 13.8 Å². The maximum absolute atomic E-state index is 12.9. The van der Waals surface area contributed by atoms with Crippen molar-refractivity contribution in [1.82, 2.24) is 9.38 Å². The number of carboxylic acids is 1. The first kappa shape index (κ1) is 17.2. The van der Waals surface area contributed by atoms with Crippen LogP contribution in [0.3, 0.4) is 0 Å². The second-order valence-electron chi connectivity index (χ2n) is 6.32. The summed E-state index contributed by atoms with van der Waals surface area (Å²) in [7, 11) is 0. The number of ether oxygens (including phenoxy) is 1. The molecular formula is C20H16N2O4S. The van der Waals surface area contributed by atoms with E-state index in [1.165, 1.54) is 11.3 Å². The predicted octanol–water partition coefficient (Wildman–Crippen LogP) is 2.54. The Hall–Kier alpha value is -3.19. The van der Waals surface area contributed by atoms with Crippen molar-refractivity contribution in [3.05, 3.63) is 68.0 Å². The zero-order chi connectivity index (χ0) is 19.1. The maximum atomic E-state index is 12.9. The van der Waals surface area contributed by atoms with Crippen LogP contribution in [-0.4, -0.2) is 27.1 Å². The quantitative estimate of drug-likeness (QED) is 0.588. The summed E-state index contributed by atoms with van der Waals surface area (Å²) in [5.41, 5.74) is 4.66. The van der Waals surface area contributed by atoms with E-state index >= 15 is 0 Å². The van der Waals surface area contributed by atoms with Crippen LogP contribution in [0, 0.1) is 13.8 Å². The first-order valence-electron chi connectivity index (χ1n) is 8.31. The van der Waals surface area contributed by atoms with E-state index in [0.29, 0.717) is 15.2 Å². The third-order valence-corrected chi connectivity index (χ3v) is 5.36. The molecule has 136 valence electrons. The summed E-state index contributed by atoms with van der Waals surface area (Å²) in [5, 5.41) is 8.64. The summed E-state index contributed by atoms with van der Waals surface area (Å²) in [6, 6.07) is 10.9. The monoisotopic (exact) mass is 380 g/mol. The van der Waals surface area contributed by atoms with Crippen LogP contribution in [0.4, 0.5) is 0 Å². The molecule has 0 amide bonds. The van der Waals surface area contributed by atoms with E-state index in [0.717, 1.165) is 27.7 Å². The smallest absolute Gasteiger partial charge is 0.341 e. The average Bonchev–Trinajstić information content (AvgIpc) is 3.11. The lowest BCUT2D eigenvalue weighted by molar-refractivity contribution is -0.139. The van der Waals surface area contributed by atoms with E-state index in [1.54, 1.807) is 34.7 Å². The van der Waals surface area contributed by atoms with Crippen LogP contribution in [0.15, 0.2) is 41.2 Å². The van der Waals surface area contributed by atoms with E-state index in [2.05, 4.69) is 4.98 Å². The molecule has 4 rings (SSSR count). The summed E-state index contributed by atoms with van der Waals surface area (Å²) < 4.78 is 7.36. The molecule has 2 aromatic carbocycles. The summed E-state index contributed by atoms with van der Waals surface area (Å²) in [5.74, 6) is -0.559. The Morgan fingerprint density at radius 3 is 2.63 bits per heavy atom. The van der Waals surface area contributed by atoms with Gasteiger partial charge in [0.15, 0.2) is 11.6 Å². The number of hydrogen-bond acceptors (Lipinski definition) is 5. The number of imidazole rings is 1. The topological polar surface area (TPSA) is 80.9 Å². The van der Waals surface area contributed by atoms with Crippen molar-refractivity contribution >= 4 is 39.4 Å². The molecule has 0 saturated heterocycles. The molecule has 2 heterocycles. The Balaban J connectivity index is 1.75. The van der Waals surface area contributed by atoms with Crippen molar-refractivity contribution in [3.8, 4) is 5.75 Å². The van der Waals surface area contributed by atoms with Crippen LogP contribution in [0.1, 0.15) is 16.7 Å². The molecule has 0 aliphatic heterocycles. The summed E-state index contributed by atoms with van der Waals surface area (Å²) in [6.45, 7) is 3.66. The highest BCUT2D eigenvalue weighted by molar-refractivity contribution is 7.15. The van der Waals surface area contributed by atoms with Crippen molar-refractivity contribution in [3.63, 3.8) is 0 Å². The fourth-order valence-corrected chi connectivity index (χ4v) is 3.86. The van der Waals surface area contributed by atoms with Gasteiger partial charge in [0.1, 0.15) is 5.75 Å². The van der Waals surface area contributed by atoms with Crippen LogP contribution in [0.25, 0.3) is 22.1 Å². The van der Waals surface area contributed by atoms with E-state index in [4.69, 9.17) is 9.84 Å². The fourth-order valence-electron chi connectivity index (χ4n) is 2.88. The molecule has 0 fully saturated rings. The number of aromatic nitrogens is 2. The van der Waals surface area contributed by atoms with Gasteiger partial charge in [-0.2, -0.15) is 0 Å². The molecule has 2 aromatic heterocycles. The molecular weight excluding hydrogens is 364 g/mol. The van der Waals surface area contributed by atoms with Crippen LogP contribution in [-0.2, 0) is 4.79 Å². The lowest BCUT2D eigenvalue weighted by atomic mass is 10.1. The van der Waals surface area contributed by atoms with Gasteiger partial charge in [0.2, 0.25) is 0 Å². The number of hydrogen-bond donors (Lipinski definition) is 1. The zero-order valence-corrected chi connectivity index (χ0v) is 15.5. The summed E-state index contributed by atoms with van der Waals surface area (Å²) in [6.07, 6.45) is 1.80. The first-order valence-corrected chi connectivity index (χ1v) is 9.12. The lowest BCUT2D eigenvalue weighted by Gasteiger charge is -2.02. The number of carboxylic acid groups (broad SMARTS) is 1. The van der Waals surface area contributed by atoms with Crippen LogP contribution >= 0.6 is 11.3 Å². The van der Waals surface area contributed by atoms with Gasteiger partial charge in [-0.25, -0.2) is 14.2 Å². The molecule has 0 radical (unpaired) electrons. The number of benzene rings is 2. The number of rotatable bonds is 4. The van der Waals surface area contributed by atoms with Gasteiger partial charge in [0.25, 0.3) is 5.56 Å². The third kappa shape index (κ3) is 3.17. The van der Waals surface area contributed by atoms with Crippen LogP contribution in [0.2, 0.25) is 0 Å². The molecule has 0 unspecified atom stereocenters. The average molecular weight is 380 g/mol. The molecule has 0 atom stereocenters. The summed E-state index contributed by atoms with van der Waals surface area (Å²) >= 11 is 1.35. The second-order valence-corrected chi connectivity index (χ2v) is 7.33. The van der Waals surface area contributed by atoms with Gasteiger partial charge in [-0.15, -0.1) is 0 Å². The Bertz CT molecular complexity index is 1290. The number of aryl methyl sites for hydroxylation is 2.